The zero-order valence-corrected chi connectivity index (χ0v) is 24.8. The Kier molecular flexibility index (Phi) is 10.5. The zero-order chi connectivity index (χ0) is 29.2. The molecule has 0 radical (unpaired) electrons. The van der Waals surface area contributed by atoms with Crippen molar-refractivity contribution in [2.75, 3.05) is 27.3 Å². The molecule has 8 heteroatoms. The third kappa shape index (κ3) is 8.19. The highest BCUT2D eigenvalue weighted by atomic mass is 32.1. The predicted octanol–water partition coefficient (Wildman–Crippen LogP) is 5.58. The van der Waals surface area contributed by atoms with Crippen LogP contribution in [0.15, 0.2) is 85.1 Å². The van der Waals surface area contributed by atoms with Gasteiger partial charge >= 0.3 is 0 Å². The Morgan fingerprint density at radius 2 is 1.71 bits per heavy atom. The standard InChI is InChI=1S/C33H36N4O3S/c1-24-31(41-25(2)35-24)17-18-32(38)37(23-27-13-15-28(16-14-27)29-12-8-9-19-34-29)30(22-26-10-6-5-7-11-26)33(39)36(3)20-21-40-4/h5-19,30H,20-23H2,1-4H3/b18-17+/t30-/m0/s1. The Hall–Kier alpha value is -4.14. The molecule has 0 saturated carbocycles. The molecular weight excluding hydrogens is 532 g/mol. The van der Waals surface area contributed by atoms with Crippen molar-refractivity contribution in [3.63, 3.8) is 0 Å². The van der Waals surface area contributed by atoms with Crippen LogP contribution < -0.4 is 0 Å². The Balaban J connectivity index is 1.69. The van der Waals surface area contributed by atoms with Gasteiger partial charge in [-0.1, -0.05) is 60.7 Å². The minimum Gasteiger partial charge on any atom is -0.383 e. The summed E-state index contributed by atoms with van der Waals surface area (Å²) < 4.78 is 5.22. The number of ether oxygens (including phenoxy) is 1. The SMILES string of the molecule is COCCN(C)C(=O)[C@H](Cc1ccccc1)N(Cc1ccc(-c2ccccn2)cc1)C(=O)/C=C/c1sc(C)nc1C. The molecule has 2 aromatic carbocycles. The summed E-state index contributed by atoms with van der Waals surface area (Å²) in [7, 11) is 3.36. The molecule has 2 heterocycles. The first-order chi connectivity index (χ1) is 19.9. The second-order valence-electron chi connectivity index (χ2n) is 9.85. The van der Waals surface area contributed by atoms with Gasteiger partial charge in [0.25, 0.3) is 0 Å². The van der Waals surface area contributed by atoms with Crippen LogP contribution in [0.1, 0.15) is 26.7 Å². The molecule has 4 rings (SSSR count). The van der Waals surface area contributed by atoms with E-state index in [1.165, 1.54) is 11.3 Å². The van der Waals surface area contributed by atoms with Crippen LogP contribution in [-0.4, -0.2) is 64.9 Å². The van der Waals surface area contributed by atoms with Gasteiger partial charge < -0.3 is 14.5 Å². The number of thiazole rings is 1. The van der Waals surface area contributed by atoms with E-state index in [1.54, 1.807) is 42.3 Å². The summed E-state index contributed by atoms with van der Waals surface area (Å²) in [6.07, 6.45) is 5.52. The molecule has 0 N–H and O–H groups in total. The maximum atomic E-state index is 13.9. The van der Waals surface area contributed by atoms with Crippen molar-refractivity contribution < 1.29 is 14.3 Å². The molecule has 0 saturated heterocycles. The van der Waals surface area contributed by atoms with Crippen molar-refractivity contribution in [1.82, 2.24) is 19.8 Å². The first-order valence-electron chi connectivity index (χ1n) is 13.6. The lowest BCUT2D eigenvalue weighted by atomic mass is 10.0. The monoisotopic (exact) mass is 568 g/mol. The number of aromatic nitrogens is 2. The zero-order valence-electron chi connectivity index (χ0n) is 24.0. The molecule has 1 atom stereocenters. The lowest BCUT2D eigenvalue weighted by Gasteiger charge is -2.33. The van der Waals surface area contributed by atoms with Gasteiger partial charge in [-0.3, -0.25) is 14.6 Å². The van der Waals surface area contributed by atoms with Crippen molar-refractivity contribution in [2.24, 2.45) is 0 Å². The normalized spacial score (nSPS) is 11.9. The molecule has 2 amide bonds. The van der Waals surface area contributed by atoms with Gasteiger partial charge in [0.15, 0.2) is 0 Å². The second kappa shape index (κ2) is 14.5. The van der Waals surface area contributed by atoms with E-state index in [-0.39, 0.29) is 18.4 Å². The fraction of sp³-hybridized carbons (Fsp3) is 0.273. The van der Waals surface area contributed by atoms with Gasteiger partial charge in [0, 0.05) is 51.5 Å². The number of carbonyl (C=O) groups excluding carboxylic acids is 2. The first-order valence-corrected chi connectivity index (χ1v) is 14.4. The van der Waals surface area contributed by atoms with Crippen LogP contribution in [0.5, 0.6) is 0 Å². The molecule has 0 aliphatic carbocycles. The van der Waals surface area contributed by atoms with Crippen LogP contribution in [0.25, 0.3) is 17.3 Å². The number of amides is 2. The second-order valence-corrected chi connectivity index (χ2v) is 11.1. The number of nitrogens with zero attached hydrogens (tertiary/aromatic N) is 4. The van der Waals surface area contributed by atoms with Crippen molar-refractivity contribution in [2.45, 2.75) is 32.9 Å². The Labute approximate surface area is 246 Å². The van der Waals surface area contributed by atoms with Crippen LogP contribution in [0.4, 0.5) is 0 Å². The average molecular weight is 569 g/mol. The van der Waals surface area contributed by atoms with Gasteiger partial charge in [-0.05, 0) is 43.2 Å². The maximum absolute atomic E-state index is 13.9. The summed E-state index contributed by atoms with van der Waals surface area (Å²) in [6.45, 7) is 4.99. The van der Waals surface area contributed by atoms with Gasteiger partial charge in [0.2, 0.25) is 11.8 Å². The number of rotatable bonds is 12. The fourth-order valence-electron chi connectivity index (χ4n) is 4.56. The molecule has 41 heavy (non-hydrogen) atoms. The van der Waals surface area contributed by atoms with Gasteiger partial charge in [0.05, 0.1) is 27.9 Å². The summed E-state index contributed by atoms with van der Waals surface area (Å²) in [5.41, 5.74) is 4.64. The third-order valence-corrected chi connectivity index (χ3v) is 7.85. The summed E-state index contributed by atoms with van der Waals surface area (Å²) in [6, 6.07) is 22.9. The van der Waals surface area contributed by atoms with Crippen LogP contribution >= 0.6 is 11.3 Å². The first kappa shape index (κ1) is 29.8. The highest BCUT2D eigenvalue weighted by molar-refractivity contribution is 7.12. The predicted molar refractivity (Wildman–Crippen MR) is 164 cm³/mol. The van der Waals surface area contributed by atoms with E-state index in [9.17, 15) is 9.59 Å². The Morgan fingerprint density at radius 1 is 0.976 bits per heavy atom. The number of aryl methyl sites for hydroxylation is 2. The topological polar surface area (TPSA) is 75.6 Å². The fourth-order valence-corrected chi connectivity index (χ4v) is 5.39. The van der Waals surface area contributed by atoms with E-state index in [0.717, 1.165) is 38.0 Å². The number of benzene rings is 2. The van der Waals surface area contributed by atoms with Crippen molar-refractivity contribution in [3.05, 3.63) is 112 Å². The minimum atomic E-state index is -0.712. The highest BCUT2D eigenvalue weighted by Gasteiger charge is 2.31. The van der Waals surface area contributed by atoms with Crippen molar-refractivity contribution in [1.29, 1.82) is 0 Å². The van der Waals surface area contributed by atoms with E-state index in [0.29, 0.717) is 19.6 Å². The number of carbonyl (C=O) groups is 2. The molecule has 4 aromatic rings. The maximum Gasteiger partial charge on any atom is 0.247 e. The molecule has 0 aliphatic rings. The minimum absolute atomic E-state index is 0.137. The smallest absolute Gasteiger partial charge is 0.247 e. The van der Waals surface area contributed by atoms with Gasteiger partial charge in [-0.2, -0.15) is 0 Å². The van der Waals surface area contributed by atoms with Gasteiger partial charge in [-0.25, -0.2) is 4.98 Å². The van der Waals surface area contributed by atoms with Crippen LogP contribution in [0, 0.1) is 13.8 Å². The molecule has 0 bridgehead atoms. The lowest BCUT2D eigenvalue weighted by Crippen LogP contribution is -2.51. The van der Waals surface area contributed by atoms with Crippen LogP contribution in [0.3, 0.4) is 0 Å². The Bertz CT molecular complexity index is 1450. The van der Waals surface area contributed by atoms with E-state index in [1.807, 2.05) is 86.6 Å². The molecule has 0 fully saturated rings. The third-order valence-electron chi connectivity index (χ3n) is 6.81. The van der Waals surface area contributed by atoms with E-state index in [4.69, 9.17) is 4.74 Å². The summed E-state index contributed by atoms with van der Waals surface area (Å²) in [5.74, 6) is -0.374. The molecule has 0 spiro atoms. The van der Waals surface area contributed by atoms with Crippen molar-refractivity contribution >= 4 is 29.2 Å². The molecular formula is C33H36N4O3S. The number of methoxy groups -OCH3 is 1. The quantitative estimate of drug-likeness (QED) is 0.209. The number of pyridine rings is 1. The lowest BCUT2D eigenvalue weighted by molar-refractivity contribution is -0.143. The van der Waals surface area contributed by atoms with E-state index >= 15 is 0 Å². The van der Waals surface area contributed by atoms with Crippen LogP contribution in [0.2, 0.25) is 0 Å². The van der Waals surface area contributed by atoms with Crippen LogP contribution in [-0.2, 0) is 27.3 Å². The highest BCUT2D eigenvalue weighted by Crippen LogP contribution is 2.22. The summed E-state index contributed by atoms with van der Waals surface area (Å²) in [4.78, 5) is 41.0. The van der Waals surface area contributed by atoms with Crippen molar-refractivity contribution in [3.8, 4) is 11.3 Å². The number of likely N-dealkylation sites (N-methyl/N-ethyl adjacent to an activating group) is 1. The largest absolute Gasteiger partial charge is 0.383 e. The Morgan fingerprint density at radius 3 is 2.34 bits per heavy atom. The van der Waals surface area contributed by atoms with E-state index in [2.05, 4.69) is 9.97 Å². The summed E-state index contributed by atoms with van der Waals surface area (Å²) >= 11 is 1.54. The number of hydrogen-bond donors (Lipinski definition) is 0. The molecule has 2 aromatic heterocycles. The molecule has 212 valence electrons. The average Bonchev–Trinajstić information content (AvgIpc) is 3.33. The summed E-state index contributed by atoms with van der Waals surface area (Å²) in [5, 5.41) is 0.941. The van der Waals surface area contributed by atoms with E-state index < -0.39 is 6.04 Å². The van der Waals surface area contributed by atoms with Gasteiger partial charge in [0.1, 0.15) is 6.04 Å². The molecule has 0 aliphatic heterocycles. The van der Waals surface area contributed by atoms with Gasteiger partial charge in [-0.15, -0.1) is 11.3 Å². The molecule has 0 unspecified atom stereocenters. The molecule has 7 nitrogen and oxygen atoms in total. The number of hydrogen-bond acceptors (Lipinski definition) is 6.